The molecule has 0 atom stereocenters. The highest BCUT2D eigenvalue weighted by molar-refractivity contribution is 5.76. The van der Waals surface area contributed by atoms with E-state index in [9.17, 15) is 22.4 Å². The number of carbonyl (C=O) groups excluding carboxylic acids is 1. The summed E-state index contributed by atoms with van der Waals surface area (Å²) in [4.78, 5) is 10.9. The van der Waals surface area contributed by atoms with Gasteiger partial charge in [0.1, 0.15) is 5.82 Å². The van der Waals surface area contributed by atoms with Crippen molar-refractivity contribution < 1.29 is 22.4 Å². The molecule has 7 heteroatoms. The van der Waals surface area contributed by atoms with Crippen molar-refractivity contribution in [2.75, 3.05) is 18.9 Å². The highest BCUT2D eigenvalue weighted by atomic mass is 19.4. The van der Waals surface area contributed by atoms with Gasteiger partial charge in [-0.15, -0.1) is 0 Å². The zero-order valence-corrected chi connectivity index (χ0v) is 9.57. The van der Waals surface area contributed by atoms with Crippen molar-refractivity contribution >= 4 is 11.6 Å². The van der Waals surface area contributed by atoms with E-state index >= 15 is 0 Å². The van der Waals surface area contributed by atoms with Gasteiger partial charge in [-0.2, -0.15) is 13.2 Å². The first-order chi connectivity index (χ1) is 8.34. The Morgan fingerprint density at radius 3 is 2.56 bits per heavy atom. The molecule has 0 unspecified atom stereocenters. The van der Waals surface area contributed by atoms with Gasteiger partial charge in [0, 0.05) is 25.7 Å². The maximum atomic E-state index is 13.0. The summed E-state index contributed by atoms with van der Waals surface area (Å²) < 4.78 is 50.2. The van der Waals surface area contributed by atoms with Gasteiger partial charge in [0.2, 0.25) is 5.91 Å². The van der Waals surface area contributed by atoms with Crippen molar-refractivity contribution in [1.29, 1.82) is 0 Å². The lowest BCUT2D eigenvalue weighted by atomic mass is 10.2. The van der Waals surface area contributed by atoms with Crippen LogP contribution in [0, 0.1) is 5.82 Å². The number of hydrogen-bond acceptors (Lipinski definition) is 2. The summed E-state index contributed by atoms with van der Waals surface area (Å²) in [5.74, 6) is -1.56. The van der Waals surface area contributed by atoms with Gasteiger partial charge in [0.05, 0.1) is 5.56 Å². The molecule has 0 saturated heterocycles. The molecule has 2 N–H and O–H groups in total. The molecule has 1 rings (SSSR count). The fraction of sp³-hybridized carbons (Fsp3) is 0.364. The number of halogens is 4. The molecule has 0 aromatic heterocycles. The Hall–Kier alpha value is -1.79. The number of benzene rings is 1. The lowest BCUT2D eigenvalue weighted by molar-refractivity contribution is -0.140. The van der Waals surface area contributed by atoms with Crippen LogP contribution in [0.3, 0.4) is 0 Å². The lowest BCUT2D eigenvalue weighted by Crippen LogP contribution is -2.21. The number of hydrogen-bond donors (Lipinski definition) is 2. The van der Waals surface area contributed by atoms with Crippen molar-refractivity contribution in [2.24, 2.45) is 0 Å². The van der Waals surface area contributed by atoms with Gasteiger partial charge in [0.15, 0.2) is 0 Å². The minimum Gasteiger partial charge on any atom is -0.385 e. The van der Waals surface area contributed by atoms with Crippen molar-refractivity contribution in [3.8, 4) is 0 Å². The first-order valence-electron chi connectivity index (χ1n) is 5.16. The fourth-order valence-corrected chi connectivity index (χ4v) is 1.30. The largest absolute Gasteiger partial charge is 0.419 e. The molecule has 1 aromatic rings. The summed E-state index contributed by atoms with van der Waals surface area (Å²) in [5.41, 5.74) is -1.21. The molecular formula is C11H12F4N2O. The Bertz CT molecular complexity index is 432. The monoisotopic (exact) mass is 264 g/mol. The van der Waals surface area contributed by atoms with E-state index in [0.29, 0.717) is 6.07 Å². The van der Waals surface area contributed by atoms with Gasteiger partial charge in [-0.3, -0.25) is 4.79 Å². The highest BCUT2D eigenvalue weighted by Crippen LogP contribution is 2.32. The van der Waals surface area contributed by atoms with Crippen LogP contribution in [-0.2, 0) is 11.0 Å². The molecule has 0 aliphatic carbocycles. The van der Waals surface area contributed by atoms with Crippen LogP contribution >= 0.6 is 0 Å². The van der Waals surface area contributed by atoms with Crippen LogP contribution in [0.2, 0.25) is 0 Å². The minimum absolute atomic E-state index is 0.118. The second-order valence-corrected chi connectivity index (χ2v) is 3.54. The summed E-state index contributed by atoms with van der Waals surface area (Å²) in [6.07, 6.45) is -4.61. The summed E-state index contributed by atoms with van der Waals surface area (Å²) in [6, 6.07) is 2.61. The number of carbonyl (C=O) groups is 1. The van der Waals surface area contributed by atoms with E-state index in [-0.39, 0.29) is 24.6 Å². The van der Waals surface area contributed by atoms with E-state index < -0.39 is 17.6 Å². The SMILES string of the molecule is CNC(=O)CCNc1ccc(F)c(C(F)(F)F)c1. The molecule has 18 heavy (non-hydrogen) atoms. The Labute approximate surface area is 101 Å². The number of alkyl halides is 3. The van der Waals surface area contributed by atoms with Crippen LogP contribution in [0.1, 0.15) is 12.0 Å². The second kappa shape index (κ2) is 5.70. The predicted molar refractivity (Wildman–Crippen MR) is 58.6 cm³/mol. The molecule has 0 aliphatic rings. The molecule has 1 amide bonds. The summed E-state index contributed by atoms with van der Waals surface area (Å²) in [5, 5.41) is 5.00. The zero-order valence-electron chi connectivity index (χ0n) is 9.57. The maximum absolute atomic E-state index is 13.0. The van der Waals surface area contributed by atoms with Gasteiger partial charge in [-0.1, -0.05) is 0 Å². The van der Waals surface area contributed by atoms with E-state index in [1.54, 1.807) is 0 Å². The topological polar surface area (TPSA) is 41.1 Å². The molecule has 100 valence electrons. The molecular weight excluding hydrogens is 252 g/mol. The smallest absolute Gasteiger partial charge is 0.385 e. The summed E-state index contributed by atoms with van der Waals surface area (Å²) in [6.45, 7) is 0.169. The molecule has 0 bridgehead atoms. The summed E-state index contributed by atoms with van der Waals surface area (Å²) >= 11 is 0. The lowest BCUT2D eigenvalue weighted by Gasteiger charge is -2.11. The van der Waals surface area contributed by atoms with Crippen LogP contribution in [0.15, 0.2) is 18.2 Å². The average Bonchev–Trinajstić information content (AvgIpc) is 2.29. The Balaban J connectivity index is 2.71. The standard InChI is InChI=1S/C11H12F4N2O/c1-16-10(18)4-5-17-7-2-3-9(12)8(6-7)11(13,14)15/h2-3,6,17H,4-5H2,1H3,(H,16,18). The van der Waals surface area contributed by atoms with Gasteiger partial charge in [0.25, 0.3) is 0 Å². The Morgan fingerprint density at radius 2 is 2.00 bits per heavy atom. The molecule has 0 saturated carbocycles. The zero-order chi connectivity index (χ0) is 13.8. The van der Waals surface area contributed by atoms with Crippen LogP contribution in [0.25, 0.3) is 0 Å². The van der Waals surface area contributed by atoms with E-state index in [1.165, 1.54) is 13.1 Å². The van der Waals surface area contributed by atoms with Gasteiger partial charge in [-0.05, 0) is 18.2 Å². The van der Waals surface area contributed by atoms with Gasteiger partial charge < -0.3 is 10.6 Å². The molecule has 1 aromatic carbocycles. The second-order valence-electron chi connectivity index (χ2n) is 3.54. The Morgan fingerprint density at radius 1 is 1.33 bits per heavy atom. The van der Waals surface area contributed by atoms with Crippen LogP contribution in [0.4, 0.5) is 23.2 Å². The number of nitrogens with one attached hydrogen (secondary N) is 2. The van der Waals surface area contributed by atoms with Crippen LogP contribution < -0.4 is 10.6 Å². The Kier molecular flexibility index (Phi) is 4.52. The van der Waals surface area contributed by atoms with Crippen molar-refractivity contribution in [3.05, 3.63) is 29.6 Å². The van der Waals surface area contributed by atoms with Crippen molar-refractivity contribution in [3.63, 3.8) is 0 Å². The average molecular weight is 264 g/mol. The highest BCUT2D eigenvalue weighted by Gasteiger charge is 2.34. The molecule has 0 heterocycles. The van der Waals surface area contributed by atoms with Gasteiger partial charge >= 0.3 is 6.18 Å². The molecule has 0 radical (unpaired) electrons. The molecule has 0 spiro atoms. The van der Waals surface area contributed by atoms with Crippen molar-refractivity contribution in [2.45, 2.75) is 12.6 Å². The van der Waals surface area contributed by atoms with Crippen molar-refractivity contribution in [1.82, 2.24) is 5.32 Å². The number of amides is 1. The third kappa shape index (κ3) is 3.90. The predicted octanol–water partition coefficient (Wildman–Crippen LogP) is 2.39. The third-order valence-corrected chi connectivity index (χ3v) is 2.23. The first-order valence-corrected chi connectivity index (χ1v) is 5.16. The number of anilines is 1. The van der Waals surface area contributed by atoms with E-state index in [1.807, 2.05) is 0 Å². The summed E-state index contributed by atoms with van der Waals surface area (Å²) in [7, 11) is 1.46. The molecule has 3 nitrogen and oxygen atoms in total. The fourth-order valence-electron chi connectivity index (χ4n) is 1.30. The number of rotatable bonds is 4. The quantitative estimate of drug-likeness (QED) is 0.820. The minimum atomic E-state index is -4.73. The van der Waals surface area contributed by atoms with E-state index in [0.717, 1.165) is 6.07 Å². The van der Waals surface area contributed by atoms with E-state index in [2.05, 4.69) is 10.6 Å². The molecule has 0 aliphatic heterocycles. The molecule has 0 fully saturated rings. The van der Waals surface area contributed by atoms with Crippen LogP contribution in [0.5, 0.6) is 0 Å². The first kappa shape index (κ1) is 14.3. The third-order valence-electron chi connectivity index (χ3n) is 2.23. The maximum Gasteiger partial charge on any atom is 0.419 e. The van der Waals surface area contributed by atoms with Crippen LogP contribution in [-0.4, -0.2) is 19.5 Å². The van der Waals surface area contributed by atoms with E-state index in [4.69, 9.17) is 0 Å². The normalized spacial score (nSPS) is 11.2. The van der Waals surface area contributed by atoms with Gasteiger partial charge in [-0.25, -0.2) is 4.39 Å².